The van der Waals surface area contributed by atoms with Gasteiger partial charge in [0.1, 0.15) is 17.9 Å². The lowest BCUT2D eigenvalue weighted by Gasteiger charge is -2.22. The van der Waals surface area contributed by atoms with Gasteiger partial charge in [-0.15, -0.1) is 0 Å². The smallest absolute Gasteiger partial charge is 0.321 e. The minimum absolute atomic E-state index is 0.00509. The molecule has 0 bridgehead atoms. The highest BCUT2D eigenvalue weighted by Crippen LogP contribution is 2.23. The molecule has 1 fully saturated rings. The van der Waals surface area contributed by atoms with Gasteiger partial charge in [-0.2, -0.15) is 0 Å². The van der Waals surface area contributed by atoms with E-state index in [0.717, 1.165) is 37.2 Å². The molecule has 32 heavy (non-hydrogen) atoms. The maximum atomic E-state index is 12.1. The summed E-state index contributed by atoms with van der Waals surface area (Å²) in [4.78, 5) is 17.0. The number of piperidine rings is 1. The average Bonchev–Trinajstić information content (AvgIpc) is 3.25. The van der Waals surface area contributed by atoms with Crippen molar-refractivity contribution < 1.29 is 27.9 Å². The van der Waals surface area contributed by atoms with Crippen molar-refractivity contribution in [1.82, 2.24) is 10.0 Å². The summed E-state index contributed by atoms with van der Waals surface area (Å²) in [7, 11) is -3.66. The molecule has 0 unspecified atom stereocenters. The van der Waals surface area contributed by atoms with Crippen LogP contribution in [0.25, 0.3) is 0 Å². The molecule has 0 amide bonds. The minimum atomic E-state index is -3.66. The summed E-state index contributed by atoms with van der Waals surface area (Å²) in [5.74, 6) is 0.0612. The molecule has 0 saturated carbocycles. The first-order valence-corrected chi connectivity index (χ1v) is 12.9. The standard InChI is InChI=1S/C22H33N3O6S/c1-2-3-12-32(28,29)25-21(22(26)27)14-19-13-20(24-31-19)17-4-6-18(7-5-17)30-15-16-8-10-23-11-9-16/h4-7,16,19,21,23,25H,2-3,8-15H2,1H3,(H,26,27)/t19-,21+/m1/s1. The van der Waals surface area contributed by atoms with Crippen molar-refractivity contribution in [3.8, 4) is 5.75 Å². The third-order valence-corrected chi connectivity index (χ3v) is 7.22. The number of unbranched alkanes of at least 4 members (excludes halogenated alkanes) is 1. The van der Waals surface area contributed by atoms with E-state index in [1.807, 2.05) is 31.2 Å². The maximum Gasteiger partial charge on any atom is 0.321 e. The van der Waals surface area contributed by atoms with E-state index in [2.05, 4.69) is 15.2 Å². The third-order valence-electron chi connectivity index (χ3n) is 5.75. The quantitative estimate of drug-likeness (QED) is 0.430. The first-order valence-electron chi connectivity index (χ1n) is 11.3. The lowest BCUT2D eigenvalue weighted by atomic mass is 9.99. The van der Waals surface area contributed by atoms with Crippen LogP contribution < -0.4 is 14.8 Å². The molecule has 3 N–H and O–H groups in total. The van der Waals surface area contributed by atoms with E-state index >= 15 is 0 Å². The summed E-state index contributed by atoms with van der Waals surface area (Å²) in [5, 5.41) is 16.9. The number of carboxylic acid groups (broad SMARTS) is 1. The van der Waals surface area contributed by atoms with Gasteiger partial charge in [0.2, 0.25) is 10.0 Å². The molecule has 3 rings (SSSR count). The second-order valence-electron chi connectivity index (χ2n) is 8.42. The van der Waals surface area contributed by atoms with Crippen molar-refractivity contribution in [1.29, 1.82) is 0 Å². The van der Waals surface area contributed by atoms with Gasteiger partial charge in [0.25, 0.3) is 0 Å². The van der Waals surface area contributed by atoms with Crippen LogP contribution in [0.15, 0.2) is 29.4 Å². The number of hydrogen-bond donors (Lipinski definition) is 3. The van der Waals surface area contributed by atoms with Gasteiger partial charge >= 0.3 is 5.97 Å². The van der Waals surface area contributed by atoms with Crippen molar-refractivity contribution >= 4 is 21.7 Å². The molecular formula is C22H33N3O6S. The normalized spacial score (nSPS) is 20.4. The average molecular weight is 468 g/mol. The van der Waals surface area contributed by atoms with Gasteiger partial charge in [0, 0.05) is 12.8 Å². The van der Waals surface area contributed by atoms with Crippen molar-refractivity contribution in [2.24, 2.45) is 11.1 Å². The maximum absolute atomic E-state index is 12.1. The second-order valence-corrected chi connectivity index (χ2v) is 10.3. The van der Waals surface area contributed by atoms with E-state index < -0.39 is 28.1 Å². The summed E-state index contributed by atoms with van der Waals surface area (Å²) < 4.78 is 32.4. The van der Waals surface area contributed by atoms with E-state index in [0.29, 0.717) is 37.5 Å². The molecule has 0 aliphatic carbocycles. The molecule has 10 heteroatoms. The van der Waals surface area contributed by atoms with Crippen LogP contribution in [0.1, 0.15) is 51.0 Å². The zero-order valence-electron chi connectivity index (χ0n) is 18.5. The topological polar surface area (TPSA) is 126 Å². The molecule has 2 aliphatic heterocycles. The van der Waals surface area contributed by atoms with Gasteiger partial charge in [0.05, 0.1) is 18.1 Å². The van der Waals surface area contributed by atoms with Gasteiger partial charge in [0.15, 0.2) is 0 Å². The Balaban J connectivity index is 1.49. The van der Waals surface area contributed by atoms with Crippen molar-refractivity contribution in [3.63, 3.8) is 0 Å². The highest BCUT2D eigenvalue weighted by atomic mass is 32.2. The van der Waals surface area contributed by atoms with E-state index in [9.17, 15) is 18.3 Å². The Kier molecular flexibility index (Phi) is 8.89. The predicted molar refractivity (Wildman–Crippen MR) is 121 cm³/mol. The largest absolute Gasteiger partial charge is 0.493 e. The zero-order chi connectivity index (χ0) is 23.0. The molecule has 0 spiro atoms. The van der Waals surface area contributed by atoms with Crippen LogP contribution in [0.3, 0.4) is 0 Å². The van der Waals surface area contributed by atoms with Crippen LogP contribution in [-0.2, 0) is 19.7 Å². The Bertz CT molecular complexity index is 881. The summed E-state index contributed by atoms with van der Waals surface area (Å²) in [6, 6.07) is 6.36. The van der Waals surface area contributed by atoms with Gasteiger partial charge in [-0.25, -0.2) is 13.1 Å². The number of benzene rings is 1. The number of carbonyl (C=O) groups is 1. The van der Waals surface area contributed by atoms with Gasteiger partial charge in [-0.05, 0) is 68.1 Å². The third kappa shape index (κ3) is 7.46. The Morgan fingerprint density at radius 1 is 1.31 bits per heavy atom. The number of carboxylic acids is 1. The summed E-state index contributed by atoms with van der Waals surface area (Å²) in [6.07, 6.45) is 3.35. The lowest BCUT2D eigenvalue weighted by Crippen LogP contribution is -2.43. The fraction of sp³-hybridized carbons (Fsp3) is 0.636. The van der Waals surface area contributed by atoms with Gasteiger partial charge < -0.3 is 20.0 Å². The Labute approximate surface area is 189 Å². The number of sulfonamides is 1. The van der Waals surface area contributed by atoms with E-state index in [1.165, 1.54) is 0 Å². The molecule has 1 aromatic rings. The molecule has 178 valence electrons. The number of rotatable bonds is 12. The first kappa shape index (κ1) is 24.5. The number of ether oxygens (including phenoxy) is 1. The lowest BCUT2D eigenvalue weighted by molar-refractivity contribution is -0.139. The molecule has 1 saturated heterocycles. The molecule has 2 aliphatic rings. The zero-order valence-corrected chi connectivity index (χ0v) is 19.3. The number of aliphatic carboxylic acids is 1. The van der Waals surface area contributed by atoms with Gasteiger partial charge in [-0.3, -0.25) is 4.79 Å². The summed E-state index contributed by atoms with van der Waals surface area (Å²) in [6.45, 7) is 4.66. The highest BCUT2D eigenvalue weighted by Gasteiger charge is 2.31. The van der Waals surface area contributed by atoms with E-state index in [-0.39, 0.29) is 12.2 Å². The molecular weight excluding hydrogens is 434 g/mol. The first-order chi connectivity index (χ1) is 15.4. The van der Waals surface area contributed by atoms with Crippen LogP contribution >= 0.6 is 0 Å². The monoisotopic (exact) mass is 467 g/mol. The number of oxime groups is 1. The Morgan fingerprint density at radius 3 is 2.69 bits per heavy atom. The Morgan fingerprint density at radius 2 is 2.03 bits per heavy atom. The van der Waals surface area contributed by atoms with E-state index in [4.69, 9.17) is 9.57 Å². The molecule has 9 nitrogen and oxygen atoms in total. The molecule has 2 atom stereocenters. The van der Waals surface area contributed by atoms with Crippen LogP contribution in [0, 0.1) is 5.92 Å². The minimum Gasteiger partial charge on any atom is -0.493 e. The number of hydrogen-bond acceptors (Lipinski definition) is 7. The SMILES string of the molecule is CCCCS(=O)(=O)N[C@@H](C[C@H]1CC(c2ccc(OCC3CCNCC3)cc2)=NO1)C(=O)O. The molecule has 0 radical (unpaired) electrons. The van der Waals surface area contributed by atoms with E-state index in [1.54, 1.807) is 0 Å². The van der Waals surface area contributed by atoms with Crippen molar-refractivity contribution in [3.05, 3.63) is 29.8 Å². The van der Waals surface area contributed by atoms with Crippen LogP contribution in [0.5, 0.6) is 5.75 Å². The highest BCUT2D eigenvalue weighted by molar-refractivity contribution is 7.89. The molecule has 2 heterocycles. The Hall–Kier alpha value is -2.17. The summed E-state index contributed by atoms with van der Waals surface area (Å²) >= 11 is 0. The van der Waals surface area contributed by atoms with Crippen LogP contribution in [-0.4, -0.2) is 62.8 Å². The number of nitrogens with one attached hydrogen (secondary N) is 2. The fourth-order valence-corrected chi connectivity index (χ4v) is 5.22. The van der Waals surface area contributed by atoms with Crippen molar-refractivity contribution in [2.45, 2.75) is 57.6 Å². The second kappa shape index (κ2) is 11.6. The number of nitrogens with zero attached hydrogens (tertiary/aromatic N) is 1. The summed E-state index contributed by atoms with van der Waals surface area (Å²) in [5.41, 5.74) is 1.58. The predicted octanol–water partition coefficient (Wildman–Crippen LogP) is 2.12. The molecule has 1 aromatic carbocycles. The van der Waals surface area contributed by atoms with Crippen LogP contribution in [0.4, 0.5) is 0 Å². The molecule has 0 aromatic heterocycles. The van der Waals surface area contributed by atoms with Gasteiger partial charge in [-0.1, -0.05) is 18.5 Å². The fourth-order valence-electron chi connectivity index (χ4n) is 3.80. The van der Waals surface area contributed by atoms with Crippen molar-refractivity contribution in [2.75, 3.05) is 25.4 Å². The van der Waals surface area contributed by atoms with Crippen LogP contribution in [0.2, 0.25) is 0 Å².